The molecule has 1 unspecified atom stereocenters. The lowest BCUT2D eigenvalue weighted by molar-refractivity contribution is -0.117. The van der Waals surface area contributed by atoms with Gasteiger partial charge < -0.3 is 10.6 Å². The summed E-state index contributed by atoms with van der Waals surface area (Å²) in [5.41, 5.74) is 1.96. The Morgan fingerprint density at radius 2 is 2.04 bits per heavy atom. The maximum absolute atomic E-state index is 12.2. The second-order valence-corrected chi connectivity index (χ2v) is 8.36. The average Bonchev–Trinajstić information content (AvgIpc) is 2.88. The Balaban J connectivity index is 1.96. The fourth-order valence-corrected chi connectivity index (χ4v) is 4.56. The quantitative estimate of drug-likeness (QED) is 0.799. The second kappa shape index (κ2) is 7.31. The second-order valence-electron chi connectivity index (χ2n) is 6.13. The van der Waals surface area contributed by atoms with Crippen molar-refractivity contribution in [3.8, 4) is 0 Å². The highest BCUT2D eigenvalue weighted by Gasteiger charge is 2.31. The van der Waals surface area contributed by atoms with Crippen LogP contribution in [0.3, 0.4) is 0 Å². The lowest BCUT2D eigenvalue weighted by Gasteiger charge is -2.22. The number of likely N-dealkylation sites (N-methyl/N-ethyl adjacent to an activating group) is 1. The summed E-state index contributed by atoms with van der Waals surface area (Å²) in [4.78, 5) is 25.5. The number of nitrogens with zero attached hydrogens (tertiary/aromatic N) is 1. The summed E-state index contributed by atoms with van der Waals surface area (Å²) >= 11 is 0. The molecule has 0 radical (unpaired) electrons. The van der Waals surface area contributed by atoms with Gasteiger partial charge in [-0.05, 0) is 44.2 Å². The maximum atomic E-state index is 12.2. The number of hydrogen-bond donors (Lipinski definition) is 2. The summed E-state index contributed by atoms with van der Waals surface area (Å²) < 4.78 is 23.0. The predicted molar refractivity (Wildman–Crippen MR) is 92.9 cm³/mol. The van der Waals surface area contributed by atoms with Gasteiger partial charge in [0.2, 0.25) is 5.91 Å². The maximum Gasteiger partial charge on any atom is 0.251 e. The van der Waals surface area contributed by atoms with E-state index in [0.29, 0.717) is 17.7 Å². The van der Waals surface area contributed by atoms with Crippen molar-refractivity contribution in [1.82, 2.24) is 10.2 Å². The number of hydrogen-bond acceptors (Lipinski definition) is 5. The molecule has 1 aromatic rings. The summed E-state index contributed by atoms with van der Waals surface area (Å²) in [5.74, 6) is -0.101. The lowest BCUT2D eigenvalue weighted by Crippen LogP contribution is -2.38. The highest BCUT2D eigenvalue weighted by Crippen LogP contribution is 2.18. The Bertz CT molecular complexity index is 746. The molecule has 1 heterocycles. The van der Waals surface area contributed by atoms with Gasteiger partial charge in [0.1, 0.15) is 0 Å². The molecule has 0 bridgehead atoms. The van der Waals surface area contributed by atoms with Crippen molar-refractivity contribution in [2.45, 2.75) is 19.4 Å². The molecule has 1 aromatic carbocycles. The van der Waals surface area contributed by atoms with Gasteiger partial charge in [0.15, 0.2) is 9.84 Å². The highest BCUT2D eigenvalue weighted by atomic mass is 32.2. The number of amides is 2. The zero-order valence-corrected chi connectivity index (χ0v) is 14.9. The van der Waals surface area contributed by atoms with Gasteiger partial charge in [0.05, 0.1) is 18.1 Å². The van der Waals surface area contributed by atoms with E-state index in [-0.39, 0.29) is 35.9 Å². The van der Waals surface area contributed by atoms with E-state index in [2.05, 4.69) is 10.6 Å². The third kappa shape index (κ3) is 4.55. The van der Waals surface area contributed by atoms with E-state index in [1.807, 2.05) is 6.92 Å². The number of carbonyl (C=O) groups excluding carboxylic acids is 2. The monoisotopic (exact) mass is 353 g/mol. The number of rotatable bonds is 5. The van der Waals surface area contributed by atoms with Gasteiger partial charge in [-0.1, -0.05) is 0 Å². The number of anilines is 1. The molecule has 0 aliphatic carbocycles. The van der Waals surface area contributed by atoms with E-state index in [1.165, 1.54) is 0 Å². The number of nitrogens with one attached hydrogen (secondary N) is 2. The van der Waals surface area contributed by atoms with Crippen molar-refractivity contribution in [3.05, 3.63) is 29.3 Å². The lowest BCUT2D eigenvalue weighted by atomic mass is 10.1. The van der Waals surface area contributed by atoms with Gasteiger partial charge in [0.25, 0.3) is 5.91 Å². The minimum atomic E-state index is -2.97. The molecule has 1 aliphatic rings. The molecular weight excluding hydrogens is 330 g/mol. The van der Waals surface area contributed by atoms with E-state index < -0.39 is 9.84 Å². The normalized spacial score (nSPS) is 19.2. The van der Waals surface area contributed by atoms with Crippen LogP contribution >= 0.6 is 0 Å². The van der Waals surface area contributed by atoms with Crippen molar-refractivity contribution in [2.75, 3.05) is 37.5 Å². The van der Waals surface area contributed by atoms with Crippen molar-refractivity contribution in [3.63, 3.8) is 0 Å². The van der Waals surface area contributed by atoms with Crippen LogP contribution in [0.2, 0.25) is 0 Å². The Hall–Kier alpha value is -1.93. The number of sulfone groups is 1. The summed E-state index contributed by atoms with van der Waals surface area (Å²) in [7, 11) is 0.350. The van der Waals surface area contributed by atoms with Gasteiger partial charge in [-0.2, -0.15) is 0 Å². The topological polar surface area (TPSA) is 95.6 Å². The van der Waals surface area contributed by atoms with E-state index in [4.69, 9.17) is 0 Å². The summed E-state index contributed by atoms with van der Waals surface area (Å²) in [6.07, 6.45) is 0.561. The molecule has 7 nitrogen and oxygen atoms in total. The average molecular weight is 353 g/mol. The summed E-state index contributed by atoms with van der Waals surface area (Å²) in [6, 6.07) is 4.94. The fraction of sp³-hybridized carbons (Fsp3) is 0.500. The molecule has 1 saturated heterocycles. The molecule has 24 heavy (non-hydrogen) atoms. The van der Waals surface area contributed by atoms with Crippen LogP contribution in [0, 0.1) is 6.92 Å². The van der Waals surface area contributed by atoms with E-state index in [1.54, 1.807) is 37.2 Å². The van der Waals surface area contributed by atoms with Crippen molar-refractivity contribution >= 4 is 27.3 Å². The number of aryl methyl sites for hydroxylation is 1. The number of carbonyl (C=O) groups is 2. The molecule has 1 aliphatic heterocycles. The van der Waals surface area contributed by atoms with Crippen LogP contribution in [0.5, 0.6) is 0 Å². The van der Waals surface area contributed by atoms with E-state index >= 15 is 0 Å². The van der Waals surface area contributed by atoms with Crippen molar-refractivity contribution in [2.24, 2.45) is 0 Å². The first-order valence-corrected chi connectivity index (χ1v) is 9.57. The van der Waals surface area contributed by atoms with Crippen LogP contribution in [-0.2, 0) is 14.6 Å². The standard InChI is InChI=1S/C16H23N3O4S/c1-11-8-12(16(21)17-2)4-5-14(11)18-15(20)9-19(3)13-6-7-24(22,23)10-13/h4-5,8,13H,6-7,9-10H2,1-3H3,(H,17,21)(H,18,20). The van der Waals surface area contributed by atoms with Crippen LogP contribution in [0.4, 0.5) is 5.69 Å². The fourth-order valence-electron chi connectivity index (χ4n) is 2.76. The highest BCUT2D eigenvalue weighted by molar-refractivity contribution is 7.91. The van der Waals surface area contributed by atoms with Crippen LogP contribution in [0.15, 0.2) is 18.2 Å². The van der Waals surface area contributed by atoms with Gasteiger partial charge in [-0.25, -0.2) is 8.42 Å². The Morgan fingerprint density at radius 3 is 2.58 bits per heavy atom. The molecular formula is C16H23N3O4S. The van der Waals surface area contributed by atoms with Crippen LogP contribution in [0.1, 0.15) is 22.3 Å². The van der Waals surface area contributed by atoms with Crippen molar-refractivity contribution < 1.29 is 18.0 Å². The SMILES string of the molecule is CNC(=O)c1ccc(NC(=O)CN(C)C2CCS(=O)(=O)C2)c(C)c1. The molecule has 2 N–H and O–H groups in total. The van der Waals surface area contributed by atoms with Crippen LogP contribution < -0.4 is 10.6 Å². The van der Waals surface area contributed by atoms with Gasteiger partial charge in [0, 0.05) is 24.3 Å². The molecule has 8 heteroatoms. The molecule has 1 atom stereocenters. The smallest absolute Gasteiger partial charge is 0.251 e. The Kier molecular flexibility index (Phi) is 5.61. The number of benzene rings is 1. The Morgan fingerprint density at radius 1 is 1.33 bits per heavy atom. The van der Waals surface area contributed by atoms with Gasteiger partial charge in [-0.3, -0.25) is 14.5 Å². The third-order valence-electron chi connectivity index (χ3n) is 4.21. The Labute approximate surface area is 142 Å². The summed E-state index contributed by atoms with van der Waals surface area (Å²) in [5, 5.41) is 5.36. The molecule has 0 spiro atoms. The molecule has 1 fully saturated rings. The van der Waals surface area contributed by atoms with Crippen LogP contribution in [-0.4, -0.2) is 63.3 Å². The van der Waals surface area contributed by atoms with Gasteiger partial charge >= 0.3 is 0 Å². The first-order valence-electron chi connectivity index (χ1n) is 7.75. The molecule has 0 aromatic heterocycles. The summed E-state index contributed by atoms with van der Waals surface area (Å²) in [6.45, 7) is 1.94. The first kappa shape index (κ1) is 18.4. The zero-order chi connectivity index (χ0) is 17.9. The minimum Gasteiger partial charge on any atom is -0.355 e. The molecule has 132 valence electrons. The third-order valence-corrected chi connectivity index (χ3v) is 5.96. The van der Waals surface area contributed by atoms with E-state index in [0.717, 1.165) is 5.56 Å². The first-order chi connectivity index (χ1) is 11.2. The van der Waals surface area contributed by atoms with Gasteiger partial charge in [-0.15, -0.1) is 0 Å². The molecule has 2 amide bonds. The minimum absolute atomic E-state index is 0.108. The zero-order valence-electron chi connectivity index (χ0n) is 14.1. The van der Waals surface area contributed by atoms with Crippen LogP contribution in [0.25, 0.3) is 0 Å². The predicted octanol–water partition coefficient (Wildman–Crippen LogP) is 0.412. The molecule has 0 saturated carbocycles. The largest absolute Gasteiger partial charge is 0.355 e. The molecule has 2 rings (SSSR count). The van der Waals surface area contributed by atoms with E-state index in [9.17, 15) is 18.0 Å². The van der Waals surface area contributed by atoms with Crippen molar-refractivity contribution in [1.29, 1.82) is 0 Å².